The van der Waals surface area contributed by atoms with Crippen LogP contribution in [0.3, 0.4) is 0 Å². The Balaban J connectivity index is 0.000000831. The quantitative estimate of drug-likeness (QED) is 0.00603. The molecule has 3 aromatic heterocycles. The van der Waals surface area contributed by atoms with Gasteiger partial charge < -0.3 is 93.7 Å². The molecule has 5 amide bonds. The number of carboxylic acid groups (broad SMARTS) is 1. The SMILES string of the molecule is C#CC[C@H](NC(=O)OC(C)(C)C)C(=O)O.C#CC[C@H](NC(=O)OC(C)(C)C)C(=O)OC.CC(C)N=[N+]=[N-].COC(=O)[C@@H](N)Cc1cn(C(C)C)nn1.COC(=O)[C@H](Cc1cn(C(C)C)nn1)NC(=O)OC(C)(C)C.COC(=O)c1c(Cl)cc2c(c1Cl)CCN(C(=O)OC(C)(C)C)C2.COC(=O)c1c(Cl)cc2c(c1Cl)CCN(C(=O)c1ccc3ccoc3c1)C2.COC(=O)c1c(Cl)cc2c(c1Cl)CCNC2.Cl.[Cu][I]. The van der Waals surface area contributed by atoms with E-state index in [2.05, 4.69) is 90.7 Å². The number of carboxylic acids is 1. The molecule has 49 heteroatoms. The average molecular weight is 2300 g/mol. The van der Waals surface area contributed by atoms with E-state index in [1.54, 1.807) is 151 Å². The van der Waals surface area contributed by atoms with Gasteiger partial charge in [0, 0.05) is 105 Å². The third kappa shape index (κ3) is 45.1. The van der Waals surface area contributed by atoms with Gasteiger partial charge in [-0.15, -0.1) is 47.3 Å². The number of nitrogens with one attached hydrogen (secondary N) is 4. The molecule has 0 spiro atoms. The summed E-state index contributed by atoms with van der Waals surface area (Å²) in [7, 11) is 7.67. The predicted molar refractivity (Wildman–Crippen MR) is 546 cm³/mol. The van der Waals surface area contributed by atoms with Crippen molar-refractivity contribution in [2.45, 2.75) is 254 Å². The van der Waals surface area contributed by atoms with Crippen molar-refractivity contribution in [3.05, 3.63) is 169 Å². The monoisotopic (exact) mass is 2300 g/mol. The van der Waals surface area contributed by atoms with Gasteiger partial charge in [-0.2, -0.15) is 0 Å². The molecule has 792 valence electrons. The summed E-state index contributed by atoms with van der Waals surface area (Å²) < 4.78 is 57.0. The minimum absolute atomic E-state index is 0. The Morgan fingerprint density at radius 3 is 1.31 bits per heavy atom. The molecule has 4 aromatic carbocycles. The predicted octanol–water partition coefficient (Wildman–Crippen LogP) is 17.7. The molecule has 0 fully saturated rings. The first-order valence-electron chi connectivity index (χ1n) is 43.5. The summed E-state index contributed by atoms with van der Waals surface area (Å²) in [6, 6.07) is 9.36. The zero-order valence-corrected chi connectivity index (χ0v) is 92.3. The Morgan fingerprint density at radius 2 is 0.937 bits per heavy atom. The molecule has 6 heterocycles. The summed E-state index contributed by atoms with van der Waals surface area (Å²) in [5.74, 6) is -0.0568. The van der Waals surface area contributed by atoms with Gasteiger partial charge in [-0.3, -0.25) is 9.59 Å². The first-order valence-corrected chi connectivity index (χ1v) is 48.8. The van der Waals surface area contributed by atoms with Crippen LogP contribution in [0.5, 0.6) is 0 Å². The first-order chi connectivity index (χ1) is 66.3. The van der Waals surface area contributed by atoms with E-state index in [1.165, 1.54) is 42.7 Å². The molecule has 0 bridgehead atoms. The number of ether oxygens (including phenoxy) is 10. The number of furan rings is 1. The number of alkyl carbamates (subject to hydrolysis) is 3. The van der Waals surface area contributed by atoms with Crippen LogP contribution in [0.15, 0.2) is 70.7 Å². The molecule has 3 aliphatic heterocycles. The van der Waals surface area contributed by atoms with Crippen LogP contribution in [0.2, 0.25) is 30.1 Å². The van der Waals surface area contributed by atoms with Crippen LogP contribution >= 0.6 is 102 Å². The van der Waals surface area contributed by atoms with Crippen LogP contribution in [-0.4, -0.2) is 232 Å². The van der Waals surface area contributed by atoms with Crippen LogP contribution < -0.4 is 27.0 Å². The van der Waals surface area contributed by atoms with Crippen molar-refractivity contribution in [1.82, 2.24) is 61.1 Å². The number of azide groups is 1. The van der Waals surface area contributed by atoms with Crippen LogP contribution in [0, 0.1) is 24.7 Å². The summed E-state index contributed by atoms with van der Waals surface area (Å²) in [6.45, 7) is 35.8. The molecule has 0 radical (unpaired) electrons. The number of methoxy groups -OCH3 is 6. The second-order valence-electron chi connectivity index (χ2n) is 35.5. The van der Waals surface area contributed by atoms with Crippen molar-refractivity contribution in [2.75, 3.05) is 62.3 Å². The minimum atomic E-state index is -1.18. The summed E-state index contributed by atoms with van der Waals surface area (Å²) >= 11 is 43.2. The zero-order chi connectivity index (χ0) is 108. The number of rotatable bonds is 20. The van der Waals surface area contributed by atoms with E-state index in [1.807, 2.05) is 74.4 Å². The Morgan fingerprint density at radius 1 is 0.552 bits per heavy atom. The molecule has 3 aliphatic rings. The molecule has 0 unspecified atom stereocenters. The number of terminal acetylenes is 2. The maximum atomic E-state index is 12.9. The number of benzene rings is 4. The first kappa shape index (κ1) is 130. The van der Waals surface area contributed by atoms with E-state index < -0.39 is 107 Å². The molecular formula is C94H125Cl7CuIN16O24. The van der Waals surface area contributed by atoms with Crippen molar-refractivity contribution in [2.24, 2.45) is 10.8 Å². The summed E-state index contributed by atoms with van der Waals surface area (Å²) in [4.78, 5) is 145. The van der Waals surface area contributed by atoms with Crippen molar-refractivity contribution in [3.8, 4) is 24.7 Å². The Bertz CT molecular complexity index is 5620. The second-order valence-corrected chi connectivity index (χ2v) is 37.8. The number of halogens is 8. The van der Waals surface area contributed by atoms with Gasteiger partial charge >= 0.3 is 99.3 Å². The number of nitrogens with two attached hydrogens (primary N) is 1. The van der Waals surface area contributed by atoms with E-state index in [4.69, 9.17) is 136 Å². The summed E-state index contributed by atoms with van der Waals surface area (Å²) in [5.41, 5.74) is 19.2. The number of aliphatic carboxylic acids is 1. The topological polar surface area (TPSA) is 521 Å². The van der Waals surface area contributed by atoms with Crippen molar-refractivity contribution in [3.63, 3.8) is 0 Å². The van der Waals surface area contributed by atoms with E-state index in [9.17, 15) is 57.5 Å². The van der Waals surface area contributed by atoms with Gasteiger partial charge in [0.1, 0.15) is 52.2 Å². The van der Waals surface area contributed by atoms with Crippen LogP contribution in [-0.2, 0) is 131 Å². The number of fused-ring (bicyclic) bond motifs is 4. The van der Waals surface area contributed by atoms with Crippen LogP contribution in [0.1, 0.15) is 236 Å². The average Bonchev–Trinajstić information content (AvgIpc) is 1.52. The normalized spacial score (nSPS) is 12.8. The molecule has 7 N–H and O–H groups in total. The van der Waals surface area contributed by atoms with Gasteiger partial charge in [-0.1, -0.05) is 105 Å². The van der Waals surface area contributed by atoms with Crippen molar-refractivity contribution >= 4 is 185 Å². The van der Waals surface area contributed by atoms with Gasteiger partial charge in [0.25, 0.3) is 5.91 Å². The Hall–Kier alpha value is -10.8. The fourth-order valence-corrected chi connectivity index (χ4v) is 14.5. The van der Waals surface area contributed by atoms with Crippen LogP contribution in [0.4, 0.5) is 19.2 Å². The van der Waals surface area contributed by atoms with E-state index >= 15 is 0 Å². The van der Waals surface area contributed by atoms with E-state index in [0.29, 0.717) is 88.1 Å². The number of nitrogens with zero attached hydrogens (tertiary/aromatic N) is 11. The number of aromatic nitrogens is 6. The fraction of sp³-hybridized carbons (Fsp3) is 0.511. The molecule has 10 rings (SSSR count). The van der Waals surface area contributed by atoms with Crippen LogP contribution in [0.25, 0.3) is 21.4 Å². The zero-order valence-electron chi connectivity index (χ0n) is 83.9. The second kappa shape index (κ2) is 62.8. The van der Waals surface area contributed by atoms with Gasteiger partial charge in [-0.25, -0.2) is 57.3 Å². The third-order valence-corrected chi connectivity index (χ3v) is 20.8. The number of hydrogen-bond acceptors (Lipinski definition) is 30. The molecule has 7 aromatic rings. The maximum absolute atomic E-state index is 12.9. The molecule has 0 saturated heterocycles. The van der Waals surface area contributed by atoms with E-state index in [-0.39, 0.29) is 88.5 Å². The fourth-order valence-electron chi connectivity index (χ4n) is 12.2. The number of amides is 5. The number of esters is 6. The molecule has 0 aliphatic carbocycles. The molecule has 4 atom stereocenters. The summed E-state index contributed by atoms with van der Waals surface area (Å²) in [5, 5.41) is 40.8. The molecule has 143 heavy (non-hydrogen) atoms. The summed E-state index contributed by atoms with van der Waals surface area (Å²) in [6.07, 6.45) is 15.0. The van der Waals surface area contributed by atoms with Gasteiger partial charge in [0.15, 0.2) is 0 Å². The molecular weight excluding hydrogens is 2180 g/mol. The van der Waals surface area contributed by atoms with Gasteiger partial charge in [0.2, 0.25) is 0 Å². The standard InChI is InChI=1S/C20H15Cl2NO4.C16H19Cl2NO4.C14H24N4O4.C11H11Cl2NO2.C11H17NO4.C10H15NO4.C9H16N4O2.C3H7N3.ClH.Cu.HI/c1-26-20(25)17-15(21)8-13-10-23(6-4-14(13)18(17)22)19(24)12-3-2-11-5-7-27-16(11)9-12;1-16(2,3)23-15(21)19-6-5-10-9(8-19)7-11(17)12(13(10)18)14(20)22-4;1-9(2)18-8-10(16-17-18)7-11(12(19)21-6)15-13(20)22-14(3,4)5;1-16-11(15)9-8(12)4-6-5-14-3-2-7(6)10(9)13;1-6-7-8(9(13)15-5)12-10(14)16-11(2,3)4;1-5-6-7(8(12)13)11-9(14)15-10(2,3)4;1-6(2)13-5-7(11-12-13)4-8(10)9(14)15-3;1-3(2)5-6-4;;;/h2-3,5,7-9H,4,6,10H2,1H3;7H,5-6,8H2,1-4H3;8-9,11H,7H2,1-6H3,(H,15,20);4,14H,2-3,5H2,1H3;1,8H,7H2,2-5H3,(H,12,14);1,7H,6H2,2-4H3,(H,11,14)(H,12,13);5-6,8H,4,10H2,1-3H3;3H,1-2H3;1H;;1H/q;;;;;;;;;+1;/p-1/t;;11-;;8-;7-;8-;;;;/m..0.000..../s1. The van der Waals surface area contributed by atoms with Crippen molar-refractivity contribution in [1.29, 1.82) is 0 Å². The van der Waals surface area contributed by atoms with Crippen molar-refractivity contribution < 1.29 is 127 Å². The van der Waals surface area contributed by atoms with Gasteiger partial charge in [0.05, 0.1) is 107 Å². The Kier molecular flexibility index (Phi) is 57.1. The molecule has 40 nitrogen and oxygen atoms in total. The number of carbonyl (C=O) groups excluding carboxylic acids is 11. The van der Waals surface area contributed by atoms with E-state index in [0.717, 1.165) is 58.3 Å². The molecule has 0 saturated carbocycles. The number of carbonyl (C=O) groups is 12. The van der Waals surface area contributed by atoms with Gasteiger partial charge in [-0.05, 0) is 212 Å². The Labute approximate surface area is 887 Å². The number of hydrogen-bond donors (Lipinski definition) is 6. The third-order valence-electron chi connectivity index (χ3n) is 18.7.